The zero-order chi connectivity index (χ0) is 51.4. The molecule has 0 saturated carbocycles. The average molecular weight is 1000 g/mol. The molecule has 0 aliphatic heterocycles. The third-order valence-electron chi connectivity index (χ3n) is 15.3. The van der Waals surface area contributed by atoms with E-state index in [9.17, 15) is 19.8 Å². The topological polar surface area (TPSA) is 95.9 Å². The summed E-state index contributed by atoms with van der Waals surface area (Å²) >= 11 is 0. The van der Waals surface area contributed by atoms with E-state index in [0.29, 0.717) is 19.4 Å². The van der Waals surface area contributed by atoms with Crippen LogP contribution in [0.4, 0.5) is 0 Å². The lowest BCUT2D eigenvalue weighted by Gasteiger charge is -2.20. The standard InChI is InChI=1S/C65H127NO5/c1-3-5-7-9-11-13-15-17-34-37-41-45-49-53-57-63(68)62(61-67)66-64(69)58-54-50-46-42-38-35-31-29-27-25-23-21-19-18-20-22-24-26-28-30-32-36-40-44-48-52-56-60-71-65(70)59-55-51-47-43-39-33-16-14-12-10-8-6-4-2/h53,57,62-63,67-68H,3-52,54-56,58-61H2,1-2H3,(H,66,69)/b57-53+. The van der Waals surface area contributed by atoms with Crippen molar-refractivity contribution < 1.29 is 24.5 Å². The molecule has 422 valence electrons. The highest BCUT2D eigenvalue weighted by Gasteiger charge is 2.18. The molecular weight excluding hydrogens is 875 g/mol. The van der Waals surface area contributed by atoms with Crippen molar-refractivity contribution in [3.63, 3.8) is 0 Å². The zero-order valence-corrected chi connectivity index (χ0v) is 48.2. The van der Waals surface area contributed by atoms with Gasteiger partial charge in [0.25, 0.3) is 0 Å². The predicted octanol–water partition coefficient (Wildman–Crippen LogP) is 20.4. The Morgan fingerprint density at radius 1 is 0.380 bits per heavy atom. The molecule has 1 amide bonds. The lowest BCUT2D eigenvalue weighted by Crippen LogP contribution is -2.45. The number of nitrogens with one attached hydrogen (secondary N) is 1. The Morgan fingerprint density at radius 2 is 0.648 bits per heavy atom. The first-order valence-corrected chi connectivity index (χ1v) is 32.5. The van der Waals surface area contributed by atoms with Gasteiger partial charge < -0.3 is 20.3 Å². The van der Waals surface area contributed by atoms with E-state index in [1.807, 2.05) is 6.08 Å². The van der Waals surface area contributed by atoms with Crippen molar-refractivity contribution in [3.8, 4) is 0 Å². The van der Waals surface area contributed by atoms with Crippen LogP contribution in [0.5, 0.6) is 0 Å². The Labute approximate surface area is 444 Å². The van der Waals surface area contributed by atoms with E-state index >= 15 is 0 Å². The molecule has 0 saturated heterocycles. The first-order valence-electron chi connectivity index (χ1n) is 32.5. The number of unbranched alkanes of at least 4 members (excludes halogenated alkanes) is 50. The highest BCUT2D eigenvalue weighted by Crippen LogP contribution is 2.18. The van der Waals surface area contributed by atoms with E-state index < -0.39 is 12.1 Å². The molecule has 0 heterocycles. The van der Waals surface area contributed by atoms with Gasteiger partial charge in [-0.2, -0.15) is 0 Å². The number of esters is 1. The molecular formula is C65H127NO5. The highest BCUT2D eigenvalue weighted by molar-refractivity contribution is 5.76. The van der Waals surface area contributed by atoms with Gasteiger partial charge in [-0.25, -0.2) is 0 Å². The summed E-state index contributed by atoms with van der Waals surface area (Å²) in [5.41, 5.74) is 0. The van der Waals surface area contributed by atoms with Crippen molar-refractivity contribution in [3.05, 3.63) is 12.2 Å². The minimum Gasteiger partial charge on any atom is -0.466 e. The van der Waals surface area contributed by atoms with Crippen LogP contribution in [0.1, 0.15) is 367 Å². The van der Waals surface area contributed by atoms with Crippen molar-refractivity contribution in [2.75, 3.05) is 13.2 Å². The van der Waals surface area contributed by atoms with Gasteiger partial charge in [-0.1, -0.05) is 334 Å². The normalized spacial score (nSPS) is 12.6. The summed E-state index contributed by atoms with van der Waals surface area (Å²) in [5.74, 6) is -0.0433. The van der Waals surface area contributed by atoms with Gasteiger partial charge in [0.05, 0.1) is 25.4 Å². The summed E-state index contributed by atoms with van der Waals surface area (Å²) in [7, 11) is 0. The van der Waals surface area contributed by atoms with Crippen molar-refractivity contribution in [2.24, 2.45) is 0 Å². The lowest BCUT2D eigenvalue weighted by atomic mass is 10.0. The van der Waals surface area contributed by atoms with Crippen LogP contribution < -0.4 is 5.32 Å². The number of carbonyl (C=O) groups excluding carboxylic acids is 2. The molecule has 2 unspecified atom stereocenters. The molecule has 0 aliphatic carbocycles. The molecule has 0 fully saturated rings. The van der Waals surface area contributed by atoms with Crippen molar-refractivity contribution in [1.82, 2.24) is 5.32 Å². The van der Waals surface area contributed by atoms with Crippen LogP contribution in [-0.4, -0.2) is 47.4 Å². The van der Waals surface area contributed by atoms with Crippen LogP contribution in [0.2, 0.25) is 0 Å². The molecule has 0 bridgehead atoms. The lowest BCUT2D eigenvalue weighted by molar-refractivity contribution is -0.143. The Morgan fingerprint density at radius 3 is 0.958 bits per heavy atom. The largest absolute Gasteiger partial charge is 0.466 e. The summed E-state index contributed by atoms with van der Waals surface area (Å²) in [6, 6.07) is -0.624. The van der Waals surface area contributed by atoms with Gasteiger partial charge >= 0.3 is 5.97 Å². The van der Waals surface area contributed by atoms with E-state index in [2.05, 4.69) is 19.2 Å². The van der Waals surface area contributed by atoms with Crippen LogP contribution in [0.25, 0.3) is 0 Å². The molecule has 0 aliphatic rings. The maximum absolute atomic E-state index is 12.5. The van der Waals surface area contributed by atoms with Crippen LogP contribution in [0, 0.1) is 0 Å². The van der Waals surface area contributed by atoms with E-state index in [-0.39, 0.29) is 18.5 Å². The van der Waals surface area contributed by atoms with Crippen molar-refractivity contribution in [1.29, 1.82) is 0 Å². The Hall–Kier alpha value is -1.40. The van der Waals surface area contributed by atoms with Gasteiger partial charge in [-0.3, -0.25) is 9.59 Å². The molecule has 0 rings (SSSR count). The first-order chi connectivity index (χ1) is 35.0. The van der Waals surface area contributed by atoms with Crippen LogP contribution in [-0.2, 0) is 14.3 Å². The van der Waals surface area contributed by atoms with E-state index in [1.54, 1.807) is 6.08 Å². The number of ether oxygens (including phenoxy) is 1. The van der Waals surface area contributed by atoms with Gasteiger partial charge in [-0.15, -0.1) is 0 Å². The summed E-state index contributed by atoms with van der Waals surface area (Å²) in [6.07, 6.45) is 74.1. The number of carbonyl (C=O) groups is 2. The number of allylic oxidation sites excluding steroid dienone is 1. The first kappa shape index (κ1) is 69.6. The summed E-state index contributed by atoms with van der Waals surface area (Å²) in [6.45, 7) is 4.93. The molecule has 3 N–H and O–H groups in total. The monoisotopic (exact) mass is 1000 g/mol. The van der Waals surface area contributed by atoms with Gasteiger partial charge in [0.2, 0.25) is 5.91 Å². The van der Waals surface area contributed by atoms with Gasteiger partial charge in [0.1, 0.15) is 0 Å². The van der Waals surface area contributed by atoms with Crippen molar-refractivity contribution in [2.45, 2.75) is 379 Å². The average Bonchev–Trinajstić information content (AvgIpc) is 3.37. The fourth-order valence-electron chi connectivity index (χ4n) is 10.3. The third kappa shape index (κ3) is 57.7. The second-order valence-corrected chi connectivity index (χ2v) is 22.5. The maximum atomic E-state index is 12.5. The van der Waals surface area contributed by atoms with Crippen LogP contribution in [0.3, 0.4) is 0 Å². The van der Waals surface area contributed by atoms with Gasteiger partial charge in [-0.05, 0) is 32.1 Å². The molecule has 2 atom stereocenters. The molecule has 6 nitrogen and oxygen atoms in total. The number of rotatable bonds is 61. The quantitative estimate of drug-likeness (QED) is 0.0320. The Balaban J connectivity index is 3.35. The Kier molecular flexibility index (Phi) is 59.9. The molecule has 0 aromatic rings. The smallest absolute Gasteiger partial charge is 0.305 e. The second kappa shape index (κ2) is 61.1. The zero-order valence-electron chi connectivity index (χ0n) is 48.2. The van der Waals surface area contributed by atoms with Crippen molar-refractivity contribution >= 4 is 11.9 Å². The molecule has 71 heavy (non-hydrogen) atoms. The number of aliphatic hydroxyl groups is 2. The summed E-state index contributed by atoms with van der Waals surface area (Å²) < 4.78 is 5.49. The minimum absolute atomic E-state index is 0.0198. The second-order valence-electron chi connectivity index (χ2n) is 22.5. The number of hydrogen-bond acceptors (Lipinski definition) is 5. The fourth-order valence-corrected chi connectivity index (χ4v) is 10.3. The third-order valence-corrected chi connectivity index (χ3v) is 15.3. The fraction of sp³-hybridized carbons (Fsp3) is 0.938. The predicted molar refractivity (Wildman–Crippen MR) is 310 cm³/mol. The van der Waals surface area contributed by atoms with Crippen LogP contribution >= 0.6 is 0 Å². The SMILES string of the molecule is CCCCCCCCCCCCCC/C=C/C(O)C(CO)NC(=O)CCCCCCCCCCCCCCCCCCCCCCCCCCCCCOC(=O)CCCCCCCCCCCCCCC. The molecule has 6 heteroatoms. The minimum atomic E-state index is -0.841. The summed E-state index contributed by atoms with van der Waals surface area (Å²) in [5, 5.41) is 23.1. The van der Waals surface area contributed by atoms with Crippen LogP contribution in [0.15, 0.2) is 12.2 Å². The van der Waals surface area contributed by atoms with E-state index in [4.69, 9.17) is 4.74 Å². The molecule has 0 radical (unpaired) electrons. The Bertz CT molecular complexity index is 1060. The van der Waals surface area contributed by atoms with Gasteiger partial charge in [0.15, 0.2) is 0 Å². The summed E-state index contributed by atoms with van der Waals surface area (Å²) in [4.78, 5) is 24.5. The van der Waals surface area contributed by atoms with E-state index in [0.717, 1.165) is 38.5 Å². The number of amides is 1. The number of aliphatic hydroxyl groups excluding tert-OH is 2. The maximum Gasteiger partial charge on any atom is 0.305 e. The van der Waals surface area contributed by atoms with Gasteiger partial charge in [0, 0.05) is 12.8 Å². The number of hydrogen-bond donors (Lipinski definition) is 3. The molecule has 0 aromatic carbocycles. The molecule has 0 spiro atoms. The highest BCUT2D eigenvalue weighted by atomic mass is 16.5. The molecule has 0 aromatic heterocycles. The van der Waals surface area contributed by atoms with E-state index in [1.165, 1.54) is 302 Å².